The molecule has 0 aliphatic rings. The topological polar surface area (TPSA) is 68.0 Å². The summed E-state index contributed by atoms with van der Waals surface area (Å²) >= 11 is 0. The van der Waals surface area contributed by atoms with Crippen LogP contribution >= 0.6 is 0 Å². The number of hydrogen-bond acceptors (Lipinski definition) is 3. The Balaban J connectivity index is 2.59. The van der Waals surface area contributed by atoms with E-state index in [9.17, 15) is 13.6 Å². The average molecular weight is 253 g/mol. The molecule has 0 radical (unpaired) electrons. The highest BCUT2D eigenvalue weighted by molar-refractivity contribution is 5.91. The van der Waals surface area contributed by atoms with Gasteiger partial charge < -0.3 is 5.11 Å². The van der Waals surface area contributed by atoms with Crippen molar-refractivity contribution in [3.63, 3.8) is 0 Å². The van der Waals surface area contributed by atoms with Gasteiger partial charge in [0.15, 0.2) is 5.69 Å². The Morgan fingerprint density at radius 3 is 2.61 bits per heavy atom. The number of hydrogen-bond donors (Lipinski definition) is 1. The SMILES string of the molecule is Cc1c(C(F)F)nnn1-c1ccccc1C(=O)O. The molecule has 0 spiro atoms. The first kappa shape index (κ1) is 12.2. The first-order chi connectivity index (χ1) is 8.52. The smallest absolute Gasteiger partial charge is 0.337 e. The van der Waals surface area contributed by atoms with Crippen LogP contribution in [0.2, 0.25) is 0 Å². The zero-order valence-electron chi connectivity index (χ0n) is 9.34. The molecule has 2 rings (SSSR count). The highest BCUT2D eigenvalue weighted by Gasteiger charge is 2.20. The number of alkyl halides is 2. The van der Waals surface area contributed by atoms with E-state index in [-0.39, 0.29) is 16.9 Å². The number of benzene rings is 1. The van der Waals surface area contributed by atoms with E-state index in [2.05, 4.69) is 10.3 Å². The lowest BCUT2D eigenvalue weighted by molar-refractivity contribution is 0.0696. The van der Waals surface area contributed by atoms with Gasteiger partial charge in [-0.1, -0.05) is 17.3 Å². The van der Waals surface area contributed by atoms with Crippen LogP contribution in [0, 0.1) is 6.92 Å². The number of carboxylic acids is 1. The Morgan fingerprint density at radius 1 is 1.39 bits per heavy atom. The van der Waals surface area contributed by atoms with Gasteiger partial charge in [0.25, 0.3) is 6.43 Å². The van der Waals surface area contributed by atoms with Crippen LogP contribution in [0.25, 0.3) is 5.69 Å². The molecule has 0 atom stereocenters. The first-order valence-electron chi connectivity index (χ1n) is 5.05. The molecule has 7 heteroatoms. The number of carbonyl (C=O) groups is 1. The Bertz CT molecular complexity index is 596. The van der Waals surface area contributed by atoms with E-state index in [0.717, 1.165) is 4.68 Å². The third-order valence-electron chi connectivity index (χ3n) is 2.50. The molecule has 0 saturated carbocycles. The predicted molar refractivity (Wildman–Crippen MR) is 58.0 cm³/mol. The number of rotatable bonds is 3. The Hall–Kier alpha value is -2.31. The maximum atomic E-state index is 12.6. The molecule has 5 nitrogen and oxygen atoms in total. The lowest BCUT2D eigenvalue weighted by atomic mass is 10.2. The van der Waals surface area contributed by atoms with Crippen molar-refractivity contribution in [2.75, 3.05) is 0 Å². The van der Waals surface area contributed by atoms with Crippen molar-refractivity contribution in [2.24, 2.45) is 0 Å². The summed E-state index contributed by atoms with van der Waals surface area (Å²) in [6, 6.07) is 6.01. The number of carboxylic acid groups (broad SMARTS) is 1. The normalized spacial score (nSPS) is 10.9. The fourth-order valence-electron chi connectivity index (χ4n) is 1.61. The van der Waals surface area contributed by atoms with Gasteiger partial charge in [0.1, 0.15) is 0 Å². The van der Waals surface area contributed by atoms with E-state index in [1.165, 1.54) is 19.1 Å². The summed E-state index contributed by atoms with van der Waals surface area (Å²) < 4.78 is 26.3. The second kappa shape index (κ2) is 4.52. The maximum absolute atomic E-state index is 12.6. The quantitative estimate of drug-likeness (QED) is 0.910. The standard InChI is InChI=1S/C11H9F2N3O2/c1-6-9(10(12)13)14-15-16(6)8-5-3-2-4-7(8)11(17)18/h2-5,10H,1H3,(H,17,18). The highest BCUT2D eigenvalue weighted by atomic mass is 19.3. The van der Waals surface area contributed by atoms with Crippen LogP contribution in [0.3, 0.4) is 0 Å². The van der Waals surface area contributed by atoms with Crippen LogP contribution in [0.1, 0.15) is 28.2 Å². The zero-order valence-corrected chi connectivity index (χ0v) is 9.34. The summed E-state index contributed by atoms with van der Waals surface area (Å²) in [7, 11) is 0. The number of aromatic nitrogens is 3. The van der Waals surface area contributed by atoms with Crippen LogP contribution in [0.4, 0.5) is 8.78 Å². The molecular weight excluding hydrogens is 244 g/mol. The fraction of sp³-hybridized carbons (Fsp3) is 0.182. The molecule has 1 N–H and O–H groups in total. The van der Waals surface area contributed by atoms with E-state index < -0.39 is 18.1 Å². The first-order valence-corrected chi connectivity index (χ1v) is 5.05. The van der Waals surface area contributed by atoms with Gasteiger partial charge in [-0.2, -0.15) is 0 Å². The lowest BCUT2D eigenvalue weighted by Gasteiger charge is -2.07. The van der Waals surface area contributed by atoms with E-state index in [1.807, 2.05) is 0 Å². The van der Waals surface area contributed by atoms with Gasteiger partial charge in [0.2, 0.25) is 0 Å². The molecule has 0 aliphatic carbocycles. The number of aromatic carboxylic acids is 1. The molecule has 0 amide bonds. The van der Waals surface area contributed by atoms with E-state index in [0.29, 0.717) is 0 Å². The summed E-state index contributed by atoms with van der Waals surface area (Å²) in [6.45, 7) is 1.42. The van der Waals surface area contributed by atoms with Gasteiger partial charge in [-0.15, -0.1) is 5.10 Å². The van der Waals surface area contributed by atoms with Crippen molar-refractivity contribution in [2.45, 2.75) is 13.3 Å². The monoisotopic (exact) mass is 253 g/mol. The van der Waals surface area contributed by atoms with Gasteiger partial charge in [-0.25, -0.2) is 18.3 Å². The minimum Gasteiger partial charge on any atom is -0.478 e. The maximum Gasteiger partial charge on any atom is 0.337 e. The minimum absolute atomic E-state index is 0.0219. The van der Waals surface area contributed by atoms with Gasteiger partial charge in [0.05, 0.1) is 16.9 Å². The number of para-hydroxylation sites is 1. The lowest BCUT2D eigenvalue weighted by Crippen LogP contribution is -2.07. The molecular formula is C11H9F2N3O2. The highest BCUT2D eigenvalue weighted by Crippen LogP contribution is 2.23. The molecule has 0 saturated heterocycles. The zero-order chi connectivity index (χ0) is 13.3. The summed E-state index contributed by atoms with van der Waals surface area (Å²) in [5, 5.41) is 16.0. The predicted octanol–water partition coefficient (Wildman–Crippen LogP) is 2.21. The largest absolute Gasteiger partial charge is 0.478 e. The molecule has 0 fully saturated rings. The molecule has 0 bridgehead atoms. The van der Waals surface area contributed by atoms with Crippen molar-refractivity contribution in [1.29, 1.82) is 0 Å². The average Bonchev–Trinajstić information content (AvgIpc) is 2.71. The minimum atomic E-state index is -2.74. The summed E-state index contributed by atoms with van der Waals surface area (Å²) in [4.78, 5) is 11.0. The van der Waals surface area contributed by atoms with Crippen molar-refractivity contribution in [3.8, 4) is 5.69 Å². The molecule has 2 aromatic rings. The van der Waals surface area contributed by atoms with Gasteiger partial charge in [0, 0.05) is 0 Å². The second-order valence-electron chi connectivity index (χ2n) is 3.59. The summed E-state index contributed by atoms with van der Waals surface area (Å²) in [5.74, 6) is -1.15. The molecule has 18 heavy (non-hydrogen) atoms. The molecule has 0 unspecified atom stereocenters. The van der Waals surface area contributed by atoms with Crippen LogP contribution in [0.15, 0.2) is 24.3 Å². The molecule has 1 heterocycles. The Morgan fingerprint density at radius 2 is 2.06 bits per heavy atom. The van der Waals surface area contributed by atoms with Crippen LogP contribution < -0.4 is 0 Å². The fourth-order valence-corrected chi connectivity index (χ4v) is 1.61. The summed E-state index contributed by atoms with van der Waals surface area (Å²) in [6.07, 6.45) is -2.74. The molecule has 94 valence electrons. The van der Waals surface area contributed by atoms with Crippen molar-refractivity contribution >= 4 is 5.97 Å². The third-order valence-corrected chi connectivity index (χ3v) is 2.50. The van der Waals surface area contributed by atoms with Crippen molar-refractivity contribution in [3.05, 3.63) is 41.2 Å². The number of nitrogens with zero attached hydrogens (tertiary/aromatic N) is 3. The Kier molecular flexibility index (Phi) is 3.05. The second-order valence-corrected chi connectivity index (χ2v) is 3.59. The van der Waals surface area contributed by atoms with Crippen LogP contribution in [-0.2, 0) is 0 Å². The van der Waals surface area contributed by atoms with Gasteiger partial charge >= 0.3 is 5.97 Å². The van der Waals surface area contributed by atoms with E-state index in [1.54, 1.807) is 12.1 Å². The van der Waals surface area contributed by atoms with Crippen molar-refractivity contribution in [1.82, 2.24) is 15.0 Å². The van der Waals surface area contributed by atoms with E-state index >= 15 is 0 Å². The molecule has 1 aromatic carbocycles. The summed E-state index contributed by atoms with van der Waals surface area (Å²) in [5.41, 5.74) is -0.137. The van der Waals surface area contributed by atoms with Gasteiger partial charge in [-0.05, 0) is 19.1 Å². The van der Waals surface area contributed by atoms with Gasteiger partial charge in [-0.3, -0.25) is 0 Å². The van der Waals surface area contributed by atoms with Crippen LogP contribution in [0.5, 0.6) is 0 Å². The number of halogens is 2. The Labute approximate surface area is 101 Å². The van der Waals surface area contributed by atoms with Crippen molar-refractivity contribution < 1.29 is 18.7 Å². The van der Waals surface area contributed by atoms with E-state index in [4.69, 9.17) is 5.11 Å². The van der Waals surface area contributed by atoms with Crippen LogP contribution in [-0.4, -0.2) is 26.1 Å². The molecule has 0 aliphatic heterocycles. The third kappa shape index (κ3) is 1.94. The molecule has 1 aromatic heterocycles.